The standard InChI is InChI=1S/C10H17/c1-3-5-7-9-10-8-6-4-2/h3,5,8-10H,4,6-7H2,1-2H3. The summed E-state index contributed by atoms with van der Waals surface area (Å²) in [5.41, 5.74) is 0. The zero-order valence-electron chi connectivity index (χ0n) is 7.01. The van der Waals surface area contributed by atoms with E-state index in [-0.39, 0.29) is 0 Å². The van der Waals surface area contributed by atoms with E-state index in [2.05, 4.69) is 37.6 Å². The van der Waals surface area contributed by atoms with Gasteiger partial charge in [-0.2, -0.15) is 0 Å². The van der Waals surface area contributed by atoms with Crippen LogP contribution in [0.3, 0.4) is 0 Å². The van der Waals surface area contributed by atoms with E-state index in [0.29, 0.717) is 0 Å². The number of hydrogen-bond acceptors (Lipinski definition) is 0. The largest absolute Gasteiger partial charge is 0.0916 e. The first-order valence-electron chi connectivity index (χ1n) is 4.01. The molecule has 0 saturated heterocycles. The quantitative estimate of drug-likeness (QED) is 0.402. The van der Waals surface area contributed by atoms with Crippen molar-refractivity contribution < 1.29 is 0 Å². The molecule has 0 saturated carbocycles. The lowest BCUT2D eigenvalue weighted by Gasteiger charge is -1.85. The maximum absolute atomic E-state index is 2.21. The van der Waals surface area contributed by atoms with E-state index in [9.17, 15) is 0 Å². The van der Waals surface area contributed by atoms with E-state index >= 15 is 0 Å². The maximum atomic E-state index is 2.21. The van der Waals surface area contributed by atoms with Crippen LogP contribution in [0.15, 0.2) is 24.3 Å². The summed E-state index contributed by atoms with van der Waals surface area (Å²) in [6.07, 6.45) is 14.3. The molecule has 0 aliphatic rings. The molecule has 0 aliphatic carbocycles. The SMILES string of the molecule is CC=CC[CH]C=CCCC. The molecule has 0 aromatic carbocycles. The number of rotatable bonds is 5. The van der Waals surface area contributed by atoms with Crippen LogP contribution in [-0.2, 0) is 0 Å². The van der Waals surface area contributed by atoms with Gasteiger partial charge in [-0.05, 0) is 26.2 Å². The minimum atomic E-state index is 1.07. The monoisotopic (exact) mass is 137 g/mol. The fraction of sp³-hybridized carbons (Fsp3) is 0.500. The van der Waals surface area contributed by atoms with Gasteiger partial charge in [0.1, 0.15) is 0 Å². The van der Waals surface area contributed by atoms with Gasteiger partial charge in [-0.3, -0.25) is 0 Å². The molecule has 0 aromatic rings. The predicted octanol–water partition coefficient (Wildman–Crippen LogP) is 3.51. The summed E-state index contributed by atoms with van der Waals surface area (Å²) in [7, 11) is 0. The van der Waals surface area contributed by atoms with E-state index in [0.717, 1.165) is 6.42 Å². The van der Waals surface area contributed by atoms with E-state index in [1.54, 1.807) is 0 Å². The molecule has 0 unspecified atom stereocenters. The van der Waals surface area contributed by atoms with Crippen molar-refractivity contribution in [2.24, 2.45) is 0 Å². The Morgan fingerprint density at radius 3 is 2.60 bits per heavy atom. The maximum Gasteiger partial charge on any atom is -0.0133 e. The van der Waals surface area contributed by atoms with Crippen LogP contribution in [0.1, 0.15) is 33.1 Å². The Balaban J connectivity index is 3.02. The highest BCUT2D eigenvalue weighted by atomic mass is 13.8. The molecule has 0 N–H and O–H groups in total. The fourth-order valence-corrected chi connectivity index (χ4v) is 0.652. The average molecular weight is 137 g/mol. The van der Waals surface area contributed by atoms with Crippen LogP contribution >= 0.6 is 0 Å². The summed E-state index contributed by atoms with van der Waals surface area (Å²) in [4.78, 5) is 0. The van der Waals surface area contributed by atoms with Gasteiger partial charge in [0.15, 0.2) is 0 Å². The summed E-state index contributed by atoms with van der Waals surface area (Å²) in [6, 6.07) is 0. The van der Waals surface area contributed by atoms with Gasteiger partial charge in [0.05, 0.1) is 0 Å². The molecular weight excluding hydrogens is 120 g/mol. The second kappa shape index (κ2) is 8.48. The van der Waals surface area contributed by atoms with Crippen molar-refractivity contribution in [1.29, 1.82) is 0 Å². The first-order valence-corrected chi connectivity index (χ1v) is 4.01. The van der Waals surface area contributed by atoms with Crippen molar-refractivity contribution in [3.63, 3.8) is 0 Å². The predicted molar refractivity (Wildman–Crippen MR) is 47.8 cm³/mol. The van der Waals surface area contributed by atoms with Gasteiger partial charge in [0.2, 0.25) is 0 Å². The van der Waals surface area contributed by atoms with Crippen molar-refractivity contribution in [2.45, 2.75) is 33.1 Å². The zero-order valence-corrected chi connectivity index (χ0v) is 7.01. The van der Waals surface area contributed by atoms with E-state index in [4.69, 9.17) is 0 Å². The lowest BCUT2D eigenvalue weighted by Crippen LogP contribution is -1.66. The number of hydrogen-bond donors (Lipinski definition) is 0. The van der Waals surface area contributed by atoms with Gasteiger partial charge in [0, 0.05) is 0 Å². The van der Waals surface area contributed by atoms with Crippen LogP contribution in [0.5, 0.6) is 0 Å². The van der Waals surface area contributed by atoms with Crippen molar-refractivity contribution in [1.82, 2.24) is 0 Å². The van der Waals surface area contributed by atoms with E-state index < -0.39 is 0 Å². The topological polar surface area (TPSA) is 0 Å². The molecule has 10 heavy (non-hydrogen) atoms. The van der Waals surface area contributed by atoms with Gasteiger partial charge in [-0.15, -0.1) is 0 Å². The van der Waals surface area contributed by atoms with Crippen molar-refractivity contribution >= 4 is 0 Å². The minimum Gasteiger partial charge on any atom is -0.0916 e. The van der Waals surface area contributed by atoms with Crippen LogP contribution < -0.4 is 0 Å². The minimum absolute atomic E-state index is 1.07. The normalized spacial score (nSPS) is 11.8. The van der Waals surface area contributed by atoms with Gasteiger partial charge >= 0.3 is 0 Å². The first kappa shape index (κ1) is 9.48. The lowest BCUT2D eigenvalue weighted by molar-refractivity contribution is 0.956. The second-order valence-corrected chi connectivity index (χ2v) is 2.26. The summed E-state index contributed by atoms with van der Waals surface area (Å²) < 4.78 is 0. The molecule has 0 spiro atoms. The van der Waals surface area contributed by atoms with E-state index in [1.807, 2.05) is 6.92 Å². The van der Waals surface area contributed by atoms with Crippen molar-refractivity contribution in [2.75, 3.05) is 0 Å². The highest BCUT2D eigenvalue weighted by molar-refractivity contribution is 4.98. The van der Waals surface area contributed by atoms with Gasteiger partial charge in [0.25, 0.3) is 0 Å². The molecule has 0 heteroatoms. The Hall–Kier alpha value is -0.520. The molecule has 0 aromatic heterocycles. The van der Waals surface area contributed by atoms with Crippen LogP contribution in [0, 0.1) is 6.42 Å². The molecule has 0 atom stereocenters. The molecule has 0 rings (SSSR count). The highest BCUT2D eigenvalue weighted by Gasteiger charge is 1.75. The molecular formula is C10H17. The van der Waals surface area contributed by atoms with E-state index in [1.165, 1.54) is 12.8 Å². The van der Waals surface area contributed by atoms with Gasteiger partial charge < -0.3 is 0 Å². The summed E-state index contributed by atoms with van der Waals surface area (Å²) >= 11 is 0. The molecule has 0 aliphatic heterocycles. The van der Waals surface area contributed by atoms with Gasteiger partial charge in [-0.1, -0.05) is 37.6 Å². The lowest BCUT2D eigenvalue weighted by atomic mass is 10.2. The zero-order chi connectivity index (χ0) is 7.66. The Morgan fingerprint density at radius 1 is 1.20 bits per heavy atom. The fourth-order valence-electron chi connectivity index (χ4n) is 0.652. The van der Waals surface area contributed by atoms with Crippen LogP contribution in [0.25, 0.3) is 0 Å². The Labute approximate surface area is 64.6 Å². The molecule has 0 nitrogen and oxygen atoms in total. The molecule has 0 fully saturated rings. The summed E-state index contributed by atoms with van der Waals surface area (Å²) in [6.45, 7) is 4.24. The number of unbranched alkanes of at least 4 members (excludes halogenated alkanes) is 2. The Bertz CT molecular complexity index is 98.6. The Morgan fingerprint density at radius 2 is 2.00 bits per heavy atom. The van der Waals surface area contributed by atoms with Crippen LogP contribution in [-0.4, -0.2) is 0 Å². The van der Waals surface area contributed by atoms with Gasteiger partial charge in [-0.25, -0.2) is 0 Å². The smallest absolute Gasteiger partial charge is 0.0133 e. The molecule has 0 heterocycles. The molecule has 0 amide bonds. The number of allylic oxidation sites excluding steroid dienone is 4. The van der Waals surface area contributed by atoms with Crippen molar-refractivity contribution in [3.05, 3.63) is 30.7 Å². The summed E-state index contributed by atoms with van der Waals surface area (Å²) in [5.74, 6) is 0. The first-order chi connectivity index (χ1) is 4.91. The van der Waals surface area contributed by atoms with Crippen molar-refractivity contribution in [3.8, 4) is 0 Å². The third kappa shape index (κ3) is 7.48. The second-order valence-electron chi connectivity index (χ2n) is 2.26. The average Bonchev–Trinajstić information content (AvgIpc) is 1.97. The third-order valence-electron chi connectivity index (χ3n) is 1.24. The van der Waals surface area contributed by atoms with Crippen LogP contribution in [0.2, 0.25) is 0 Å². The summed E-state index contributed by atoms with van der Waals surface area (Å²) in [5, 5.41) is 0. The molecule has 1 radical (unpaired) electrons. The molecule has 0 bridgehead atoms. The molecule has 57 valence electrons. The third-order valence-corrected chi connectivity index (χ3v) is 1.24. The highest BCUT2D eigenvalue weighted by Crippen LogP contribution is 1.94. The van der Waals surface area contributed by atoms with Crippen LogP contribution in [0.4, 0.5) is 0 Å². The Kier molecular flexibility index (Phi) is 8.04.